The van der Waals surface area contributed by atoms with E-state index in [1.54, 1.807) is 0 Å². The molecule has 0 aromatic carbocycles. The van der Waals surface area contributed by atoms with E-state index in [0.29, 0.717) is 6.54 Å². The molecule has 6 nitrogen and oxygen atoms in total. The molecular formula is C8H12N6. The van der Waals surface area contributed by atoms with E-state index in [9.17, 15) is 0 Å². The average Bonchev–Trinajstić information content (AvgIpc) is 2.65. The lowest BCUT2D eigenvalue weighted by atomic mass is 10.3. The molecule has 2 heterocycles. The highest BCUT2D eigenvalue weighted by Crippen LogP contribution is 2.09. The second-order valence-corrected chi connectivity index (χ2v) is 3.27. The number of fused-ring (bicyclic) bond motifs is 1. The van der Waals surface area contributed by atoms with Crippen molar-refractivity contribution in [3.63, 3.8) is 0 Å². The Labute approximate surface area is 81.8 Å². The Kier molecular flexibility index (Phi) is 2.67. The number of hydrogen-bond acceptors (Lipinski definition) is 3. The zero-order valence-electron chi connectivity index (χ0n) is 7.87. The molecule has 0 unspecified atom stereocenters. The molecule has 14 heavy (non-hydrogen) atoms. The fourth-order valence-electron chi connectivity index (χ4n) is 1.65. The first kappa shape index (κ1) is 9.05. The van der Waals surface area contributed by atoms with Crippen LogP contribution in [0.1, 0.15) is 5.82 Å². The van der Waals surface area contributed by atoms with E-state index in [1.165, 1.54) is 0 Å². The molecule has 0 bridgehead atoms. The maximum atomic E-state index is 8.14. The lowest BCUT2D eigenvalue weighted by Gasteiger charge is -2.26. The second kappa shape index (κ2) is 4.13. The van der Waals surface area contributed by atoms with Crippen molar-refractivity contribution in [1.82, 2.24) is 14.5 Å². The summed E-state index contributed by atoms with van der Waals surface area (Å²) >= 11 is 0. The first-order chi connectivity index (χ1) is 6.90. The van der Waals surface area contributed by atoms with Gasteiger partial charge in [-0.25, -0.2) is 4.98 Å². The largest absolute Gasteiger partial charge is 0.333 e. The quantitative estimate of drug-likeness (QED) is 0.407. The normalized spacial score (nSPS) is 16.0. The summed E-state index contributed by atoms with van der Waals surface area (Å²) in [6.07, 6.45) is 3.83. The number of imidazole rings is 1. The van der Waals surface area contributed by atoms with Crippen LogP contribution in [0.5, 0.6) is 0 Å². The van der Waals surface area contributed by atoms with Gasteiger partial charge in [-0.05, 0) is 5.53 Å². The van der Waals surface area contributed by atoms with Gasteiger partial charge in [0.15, 0.2) is 0 Å². The predicted molar refractivity (Wildman–Crippen MR) is 51.5 cm³/mol. The lowest BCUT2D eigenvalue weighted by Crippen LogP contribution is -2.35. The molecule has 1 aliphatic heterocycles. The van der Waals surface area contributed by atoms with Gasteiger partial charge in [0.05, 0.1) is 6.54 Å². The van der Waals surface area contributed by atoms with E-state index in [1.807, 2.05) is 12.4 Å². The van der Waals surface area contributed by atoms with Gasteiger partial charge < -0.3 is 4.57 Å². The van der Waals surface area contributed by atoms with E-state index >= 15 is 0 Å². The molecule has 0 saturated carbocycles. The summed E-state index contributed by atoms with van der Waals surface area (Å²) in [5.41, 5.74) is 8.14. The number of aromatic nitrogens is 2. The molecule has 0 fully saturated rings. The van der Waals surface area contributed by atoms with Gasteiger partial charge in [0.25, 0.3) is 0 Å². The van der Waals surface area contributed by atoms with Crippen molar-refractivity contribution in [3.05, 3.63) is 28.7 Å². The molecule has 0 radical (unpaired) electrons. The maximum Gasteiger partial charge on any atom is 0.122 e. The summed E-state index contributed by atoms with van der Waals surface area (Å²) in [6, 6.07) is 0. The molecular weight excluding hydrogens is 180 g/mol. The van der Waals surface area contributed by atoms with Gasteiger partial charge in [0.1, 0.15) is 5.82 Å². The van der Waals surface area contributed by atoms with E-state index in [4.69, 9.17) is 5.53 Å². The van der Waals surface area contributed by atoms with Crippen LogP contribution in [0.15, 0.2) is 17.5 Å². The van der Waals surface area contributed by atoms with Gasteiger partial charge in [-0.15, -0.1) is 0 Å². The van der Waals surface area contributed by atoms with Crippen LogP contribution < -0.4 is 0 Å². The SMILES string of the molecule is [N-]=[N+]=NCCN1CCn2ccnc2C1. The Morgan fingerprint density at radius 1 is 1.57 bits per heavy atom. The first-order valence-corrected chi connectivity index (χ1v) is 4.63. The molecule has 1 aliphatic rings. The zero-order chi connectivity index (χ0) is 9.80. The van der Waals surface area contributed by atoms with Crippen LogP contribution in [0.2, 0.25) is 0 Å². The predicted octanol–water partition coefficient (Wildman–Crippen LogP) is 1.01. The molecule has 0 saturated heterocycles. The van der Waals surface area contributed by atoms with Crippen LogP contribution in [0.3, 0.4) is 0 Å². The van der Waals surface area contributed by atoms with Gasteiger partial charge in [-0.1, -0.05) is 5.11 Å². The second-order valence-electron chi connectivity index (χ2n) is 3.27. The van der Waals surface area contributed by atoms with E-state index in [2.05, 4.69) is 24.5 Å². The van der Waals surface area contributed by atoms with Gasteiger partial charge in [-0.2, -0.15) is 0 Å². The molecule has 1 aromatic rings. The summed E-state index contributed by atoms with van der Waals surface area (Å²) in [5, 5.41) is 3.52. The summed E-state index contributed by atoms with van der Waals surface area (Å²) in [7, 11) is 0. The number of nitrogens with zero attached hydrogens (tertiary/aromatic N) is 6. The highest BCUT2D eigenvalue weighted by atomic mass is 15.2. The Morgan fingerprint density at radius 3 is 3.36 bits per heavy atom. The van der Waals surface area contributed by atoms with Crippen LogP contribution in [0.4, 0.5) is 0 Å². The van der Waals surface area contributed by atoms with Crippen molar-refractivity contribution in [2.24, 2.45) is 5.11 Å². The molecule has 0 aliphatic carbocycles. The molecule has 0 spiro atoms. The van der Waals surface area contributed by atoms with Gasteiger partial charge in [-0.3, -0.25) is 4.90 Å². The molecule has 0 amide bonds. The molecule has 0 atom stereocenters. The highest BCUT2D eigenvalue weighted by molar-refractivity contribution is 4.95. The van der Waals surface area contributed by atoms with Crippen molar-refractivity contribution in [1.29, 1.82) is 0 Å². The van der Waals surface area contributed by atoms with Crippen molar-refractivity contribution in [2.45, 2.75) is 13.1 Å². The Balaban J connectivity index is 1.91. The van der Waals surface area contributed by atoms with Gasteiger partial charge >= 0.3 is 0 Å². The third-order valence-electron chi connectivity index (χ3n) is 2.40. The Morgan fingerprint density at radius 2 is 2.50 bits per heavy atom. The zero-order valence-corrected chi connectivity index (χ0v) is 7.87. The van der Waals surface area contributed by atoms with E-state index < -0.39 is 0 Å². The van der Waals surface area contributed by atoms with Crippen molar-refractivity contribution >= 4 is 0 Å². The van der Waals surface area contributed by atoms with Crippen LogP contribution in [-0.2, 0) is 13.1 Å². The Hall–Kier alpha value is -1.52. The van der Waals surface area contributed by atoms with Crippen molar-refractivity contribution in [2.75, 3.05) is 19.6 Å². The summed E-state index contributed by atoms with van der Waals surface area (Å²) < 4.78 is 2.16. The van der Waals surface area contributed by atoms with Crippen molar-refractivity contribution < 1.29 is 0 Å². The third-order valence-corrected chi connectivity index (χ3v) is 2.40. The number of hydrogen-bond donors (Lipinski definition) is 0. The minimum absolute atomic E-state index is 0.539. The fraction of sp³-hybridized carbons (Fsp3) is 0.625. The molecule has 74 valence electrons. The van der Waals surface area contributed by atoms with Crippen molar-refractivity contribution in [3.8, 4) is 0 Å². The number of azide groups is 1. The van der Waals surface area contributed by atoms with Crippen LogP contribution in [0.25, 0.3) is 10.4 Å². The first-order valence-electron chi connectivity index (χ1n) is 4.63. The summed E-state index contributed by atoms with van der Waals surface area (Å²) in [5.74, 6) is 1.09. The van der Waals surface area contributed by atoms with Crippen LogP contribution >= 0.6 is 0 Å². The molecule has 2 rings (SSSR count). The monoisotopic (exact) mass is 192 g/mol. The smallest absolute Gasteiger partial charge is 0.122 e. The maximum absolute atomic E-state index is 8.14. The topological polar surface area (TPSA) is 69.8 Å². The average molecular weight is 192 g/mol. The van der Waals surface area contributed by atoms with E-state index in [0.717, 1.165) is 32.0 Å². The van der Waals surface area contributed by atoms with Crippen LogP contribution in [0, 0.1) is 0 Å². The highest BCUT2D eigenvalue weighted by Gasteiger charge is 2.15. The third kappa shape index (κ3) is 1.86. The van der Waals surface area contributed by atoms with E-state index in [-0.39, 0.29) is 0 Å². The minimum atomic E-state index is 0.539. The standard InChI is InChI=1S/C8H12N6/c9-12-11-2-3-13-5-6-14-4-1-10-8(14)7-13/h1,4H,2-3,5-7H2. The molecule has 1 aromatic heterocycles. The fourth-order valence-corrected chi connectivity index (χ4v) is 1.65. The van der Waals surface area contributed by atoms with Gasteiger partial charge in [0, 0.05) is 43.5 Å². The lowest BCUT2D eigenvalue weighted by molar-refractivity contribution is 0.223. The Bertz CT molecular complexity index is 350. The van der Waals surface area contributed by atoms with Gasteiger partial charge in [0.2, 0.25) is 0 Å². The summed E-state index contributed by atoms with van der Waals surface area (Å²) in [4.78, 5) is 9.23. The van der Waals surface area contributed by atoms with Crippen LogP contribution in [-0.4, -0.2) is 34.1 Å². The minimum Gasteiger partial charge on any atom is -0.333 e. The molecule has 6 heteroatoms. The summed E-state index contributed by atoms with van der Waals surface area (Å²) in [6.45, 7) is 4.19. The molecule has 0 N–H and O–H groups in total. The number of rotatable bonds is 3.